The quantitative estimate of drug-likeness (QED) is 0.886. The maximum atomic E-state index is 12.0. The summed E-state index contributed by atoms with van der Waals surface area (Å²) in [5, 5.41) is 13.6. The van der Waals surface area contributed by atoms with Crippen molar-refractivity contribution in [2.75, 3.05) is 6.54 Å². The van der Waals surface area contributed by atoms with E-state index in [1.54, 1.807) is 0 Å². The maximum absolute atomic E-state index is 12.0. The Morgan fingerprint density at radius 2 is 2.05 bits per heavy atom. The zero-order valence-corrected chi connectivity index (χ0v) is 12.4. The normalized spacial score (nSPS) is 12.2. The largest absolute Gasteiger partial charge is 0.391 e. The minimum absolute atomic E-state index is 0.166. The average Bonchev–Trinajstić information content (AvgIpc) is 2.76. The second-order valence-corrected chi connectivity index (χ2v) is 5.90. The molecule has 5 heteroatoms. The number of nitrogens with zero attached hydrogens (tertiary/aromatic N) is 1. The van der Waals surface area contributed by atoms with Gasteiger partial charge in [-0.25, -0.2) is 4.98 Å². The lowest BCUT2D eigenvalue weighted by atomic mass is 10.1. The van der Waals surface area contributed by atoms with Crippen molar-refractivity contribution in [3.8, 4) is 0 Å². The van der Waals surface area contributed by atoms with Gasteiger partial charge in [-0.05, 0) is 19.4 Å². The van der Waals surface area contributed by atoms with Crippen LogP contribution in [-0.4, -0.2) is 28.6 Å². The molecule has 1 unspecified atom stereocenters. The standard InChI is InChI=1S/C15H18N2O2S/c1-10-14(20-11(2)17-10)15(19)16-9-13(18)8-12-6-4-3-5-7-12/h3-7,13,18H,8-9H2,1-2H3,(H,16,19). The summed E-state index contributed by atoms with van der Waals surface area (Å²) in [4.78, 5) is 16.8. The molecule has 0 aliphatic heterocycles. The first-order valence-corrected chi connectivity index (χ1v) is 7.32. The highest BCUT2D eigenvalue weighted by atomic mass is 32.1. The fourth-order valence-electron chi connectivity index (χ4n) is 1.99. The summed E-state index contributed by atoms with van der Waals surface area (Å²) in [5.41, 5.74) is 1.79. The molecular formula is C15H18N2O2S. The van der Waals surface area contributed by atoms with Crippen molar-refractivity contribution < 1.29 is 9.90 Å². The molecule has 0 aliphatic carbocycles. The third kappa shape index (κ3) is 3.88. The van der Waals surface area contributed by atoms with Crippen LogP contribution in [0.5, 0.6) is 0 Å². The average molecular weight is 290 g/mol. The van der Waals surface area contributed by atoms with E-state index < -0.39 is 6.10 Å². The minimum Gasteiger partial charge on any atom is -0.391 e. The van der Waals surface area contributed by atoms with Crippen molar-refractivity contribution in [3.05, 3.63) is 51.5 Å². The van der Waals surface area contributed by atoms with Gasteiger partial charge in [0.1, 0.15) is 4.88 Å². The summed E-state index contributed by atoms with van der Waals surface area (Å²) in [6.07, 6.45) is -0.0578. The van der Waals surface area contributed by atoms with Gasteiger partial charge in [0, 0.05) is 13.0 Å². The number of amides is 1. The zero-order valence-electron chi connectivity index (χ0n) is 11.6. The molecule has 0 bridgehead atoms. The molecule has 1 aromatic carbocycles. The summed E-state index contributed by atoms with van der Waals surface area (Å²) in [7, 11) is 0. The fourth-order valence-corrected chi connectivity index (χ4v) is 2.83. The number of aliphatic hydroxyl groups is 1. The first kappa shape index (κ1) is 14.7. The van der Waals surface area contributed by atoms with E-state index in [1.807, 2.05) is 44.2 Å². The van der Waals surface area contributed by atoms with Gasteiger partial charge >= 0.3 is 0 Å². The lowest BCUT2D eigenvalue weighted by Gasteiger charge is -2.11. The van der Waals surface area contributed by atoms with Crippen LogP contribution in [0.1, 0.15) is 25.9 Å². The van der Waals surface area contributed by atoms with Gasteiger partial charge in [-0.15, -0.1) is 11.3 Å². The van der Waals surface area contributed by atoms with Gasteiger partial charge < -0.3 is 10.4 Å². The third-order valence-corrected chi connectivity index (χ3v) is 3.99. The van der Waals surface area contributed by atoms with Crippen molar-refractivity contribution in [2.24, 2.45) is 0 Å². The van der Waals surface area contributed by atoms with E-state index in [-0.39, 0.29) is 12.5 Å². The lowest BCUT2D eigenvalue weighted by Crippen LogP contribution is -2.33. The Bertz CT molecular complexity index is 581. The van der Waals surface area contributed by atoms with Gasteiger partial charge in [0.25, 0.3) is 5.91 Å². The summed E-state index contributed by atoms with van der Waals surface area (Å²) < 4.78 is 0. The number of hydrogen-bond donors (Lipinski definition) is 2. The predicted molar refractivity (Wildman–Crippen MR) is 80.1 cm³/mol. The Hall–Kier alpha value is -1.72. The number of benzene rings is 1. The highest BCUT2D eigenvalue weighted by Gasteiger charge is 2.15. The van der Waals surface area contributed by atoms with Crippen LogP contribution in [-0.2, 0) is 6.42 Å². The van der Waals surface area contributed by atoms with Crippen LogP contribution < -0.4 is 5.32 Å². The predicted octanol–water partition coefficient (Wildman–Crippen LogP) is 2.09. The third-order valence-electron chi connectivity index (χ3n) is 2.92. The Kier molecular flexibility index (Phi) is 4.87. The smallest absolute Gasteiger partial charge is 0.263 e. The van der Waals surface area contributed by atoms with Crippen LogP contribution in [0.25, 0.3) is 0 Å². The van der Waals surface area contributed by atoms with Crippen LogP contribution in [0, 0.1) is 13.8 Å². The molecule has 1 amide bonds. The molecule has 2 rings (SSSR count). The maximum Gasteiger partial charge on any atom is 0.263 e. The molecule has 0 radical (unpaired) electrons. The van der Waals surface area contributed by atoms with Crippen LogP contribution in [0.3, 0.4) is 0 Å². The van der Waals surface area contributed by atoms with Crippen LogP contribution >= 0.6 is 11.3 Å². The first-order chi connectivity index (χ1) is 9.56. The monoisotopic (exact) mass is 290 g/mol. The van der Waals surface area contributed by atoms with E-state index in [0.717, 1.165) is 16.3 Å². The molecule has 0 aliphatic rings. The summed E-state index contributed by atoms with van der Waals surface area (Å²) >= 11 is 1.37. The highest BCUT2D eigenvalue weighted by molar-refractivity contribution is 7.13. The number of rotatable bonds is 5. The lowest BCUT2D eigenvalue weighted by molar-refractivity contribution is 0.0919. The number of carbonyl (C=O) groups is 1. The van der Waals surface area contributed by atoms with E-state index in [9.17, 15) is 9.90 Å². The molecule has 2 aromatic rings. The zero-order chi connectivity index (χ0) is 14.5. The molecule has 0 fully saturated rings. The number of thiazole rings is 1. The van der Waals surface area contributed by atoms with Gasteiger partial charge in [-0.1, -0.05) is 30.3 Å². The number of carbonyl (C=O) groups excluding carboxylic acids is 1. The second kappa shape index (κ2) is 6.63. The summed E-state index contributed by atoms with van der Waals surface area (Å²) in [6, 6.07) is 9.73. The molecule has 4 nitrogen and oxygen atoms in total. The fraction of sp³-hybridized carbons (Fsp3) is 0.333. The van der Waals surface area contributed by atoms with Crippen molar-refractivity contribution in [1.82, 2.24) is 10.3 Å². The van der Waals surface area contributed by atoms with Crippen LogP contribution in [0.2, 0.25) is 0 Å². The Morgan fingerprint density at radius 3 is 2.65 bits per heavy atom. The first-order valence-electron chi connectivity index (χ1n) is 6.50. The second-order valence-electron chi connectivity index (χ2n) is 4.70. The van der Waals surface area contributed by atoms with Gasteiger partial charge in [0.05, 0.1) is 16.8 Å². The Balaban J connectivity index is 1.86. The van der Waals surface area contributed by atoms with Crippen molar-refractivity contribution in [2.45, 2.75) is 26.4 Å². The molecule has 106 valence electrons. The van der Waals surface area contributed by atoms with E-state index in [1.165, 1.54) is 11.3 Å². The minimum atomic E-state index is -0.587. The van der Waals surface area contributed by atoms with E-state index >= 15 is 0 Å². The van der Waals surface area contributed by atoms with E-state index in [4.69, 9.17) is 0 Å². The van der Waals surface area contributed by atoms with E-state index in [0.29, 0.717) is 11.3 Å². The number of aromatic nitrogens is 1. The number of aryl methyl sites for hydroxylation is 2. The number of nitrogens with one attached hydrogen (secondary N) is 1. The molecule has 1 heterocycles. The van der Waals surface area contributed by atoms with E-state index in [2.05, 4.69) is 10.3 Å². The number of hydrogen-bond acceptors (Lipinski definition) is 4. The Labute approximate surface area is 122 Å². The van der Waals surface area contributed by atoms with Crippen LogP contribution in [0.4, 0.5) is 0 Å². The molecule has 2 N–H and O–H groups in total. The number of aliphatic hydroxyl groups excluding tert-OH is 1. The molecule has 0 saturated carbocycles. The Morgan fingerprint density at radius 1 is 1.35 bits per heavy atom. The van der Waals surface area contributed by atoms with Crippen molar-refractivity contribution >= 4 is 17.2 Å². The molecule has 20 heavy (non-hydrogen) atoms. The van der Waals surface area contributed by atoms with Crippen molar-refractivity contribution in [1.29, 1.82) is 0 Å². The van der Waals surface area contributed by atoms with Crippen molar-refractivity contribution in [3.63, 3.8) is 0 Å². The molecule has 1 aromatic heterocycles. The molecule has 0 saturated heterocycles. The van der Waals surface area contributed by atoms with Crippen LogP contribution in [0.15, 0.2) is 30.3 Å². The summed E-state index contributed by atoms with van der Waals surface area (Å²) in [5.74, 6) is -0.166. The molecular weight excluding hydrogens is 272 g/mol. The van der Waals surface area contributed by atoms with Gasteiger partial charge in [0.2, 0.25) is 0 Å². The topological polar surface area (TPSA) is 62.2 Å². The van der Waals surface area contributed by atoms with Gasteiger partial charge in [-0.3, -0.25) is 4.79 Å². The molecule has 0 spiro atoms. The SMILES string of the molecule is Cc1nc(C)c(C(=O)NCC(O)Cc2ccccc2)s1. The van der Waals surface area contributed by atoms with Gasteiger partial charge in [-0.2, -0.15) is 0 Å². The van der Waals surface area contributed by atoms with Gasteiger partial charge in [0.15, 0.2) is 0 Å². The highest BCUT2D eigenvalue weighted by Crippen LogP contribution is 2.16. The summed E-state index contributed by atoms with van der Waals surface area (Å²) in [6.45, 7) is 3.93. The molecule has 1 atom stereocenters.